The summed E-state index contributed by atoms with van der Waals surface area (Å²) in [5, 5.41) is 3.02. The Morgan fingerprint density at radius 1 is 0.968 bits per heavy atom. The highest BCUT2D eigenvalue weighted by atomic mass is 16.2. The van der Waals surface area contributed by atoms with Crippen LogP contribution in [0, 0.1) is 12.8 Å². The van der Waals surface area contributed by atoms with Crippen molar-refractivity contribution in [1.82, 2.24) is 10.2 Å². The summed E-state index contributed by atoms with van der Waals surface area (Å²) in [5.74, 6) is 0.327. The van der Waals surface area contributed by atoms with Gasteiger partial charge in [0, 0.05) is 19.5 Å². The molecule has 4 nitrogen and oxygen atoms in total. The average molecular weight is 423 g/mol. The Hall–Kier alpha value is -2.62. The van der Waals surface area contributed by atoms with Gasteiger partial charge in [-0.25, -0.2) is 0 Å². The zero-order valence-corrected chi connectivity index (χ0v) is 19.8. The Kier molecular flexibility index (Phi) is 9.77. The van der Waals surface area contributed by atoms with E-state index in [-0.39, 0.29) is 11.8 Å². The van der Waals surface area contributed by atoms with Crippen LogP contribution in [-0.4, -0.2) is 29.3 Å². The molecule has 0 aliphatic heterocycles. The fourth-order valence-corrected chi connectivity index (χ4v) is 3.65. The molecule has 0 spiro atoms. The van der Waals surface area contributed by atoms with Crippen LogP contribution < -0.4 is 5.32 Å². The number of nitrogens with one attached hydrogen (secondary N) is 1. The smallest absolute Gasteiger partial charge is 0.242 e. The maximum atomic E-state index is 13.3. The normalized spacial score (nSPS) is 11.9. The highest BCUT2D eigenvalue weighted by Crippen LogP contribution is 2.17. The summed E-state index contributed by atoms with van der Waals surface area (Å²) < 4.78 is 0. The van der Waals surface area contributed by atoms with Crippen LogP contribution in [0.25, 0.3) is 0 Å². The van der Waals surface area contributed by atoms with Gasteiger partial charge in [0.1, 0.15) is 6.04 Å². The summed E-state index contributed by atoms with van der Waals surface area (Å²) in [4.78, 5) is 28.1. The second-order valence-corrected chi connectivity index (χ2v) is 8.68. The van der Waals surface area contributed by atoms with Gasteiger partial charge >= 0.3 is 0 Å². The summed E-state index contributed by atoms with van der Waals surface area (Å²) in [6.45, 7) is 11.4. The number of rotatable bonds is 11. The molecule has 1 unspecified atom stereocenters. The molecule has 0 aliphatic rings. The minimum atomic E-state index is -0.465. The molecule has 168 valence electrons. The van der Waals surface area contributed by atoms with Crippen LogP contribution >= 0.6 is 0 Å². The minimum Gasteiger partial charge on any atom is -0.354 e. The number of nitrogens with zero attached hydrogens (tertiary/aromatic N) is 1. The molecule has 1 N–H and O–H groups in total. The lowest BCUT2D eigenvalue weighted by molar-refractivity contribution is -0.141. The Morgan fingerprint density at radius 3 is 2.19 bits per heavy atom. The fraction of sp³-hybridized carbons (Fsp3) is 0.481. The molecule has 2 aromatic rings. The number of amides is 2. The number of carbonyl (C=O) groups excluding carboxylic acids is 2. The largest absolute Gasteiger partial charge is 0.354 e. The topological polar surface area (TPSA) is 49.4 Å². The van der Waals surface area contributed by atoms with Crippen LogP contribution in [0.15, 0.2) is 48.5 Å². The second-order valence-electron chi connectivity index (χ2n) is 8.68. The molecule has 2 rings (SSSR count). The number of hydrogen-bond acceptors (Lipinski definition) is 2. The first-order chi connectivity index (χ1) is 14.8. The van der Waals surface area contributed by atoms with Gasteiger partial charge in [-0.2, -0.15) is 0 Å². The third-order valence-corrected chi connectivity index (χ3v) is 5.73. The van der Waals surface area contributed by atoms with Gasteiger partial charge < -0.3 is 10.2 Å². The molecule has 2 amide bonds. The highest BCUT2D eigenvalue weighted by Gasteiger charge is 2.28. The van der Waals surface area contributed by atoms with E-state index in [4.69, 9.17) is 0 Å². The quantitative estimate of drug-likeness (QED) is 0.550. The van der Waals surface area contributed by atoms with Crippen LogP contribution in [0.2, 0.25) is 0 Å². The third kappa shape index (κ3) is 7.54. The number of benzene rings is 2. The van der Waals surface area contributed by atoms with Gasteiger partial charge in [-0.15, -0.1) is 0 Å². The predicted molar refractivity (Wildman–Crippen MR) is 128 cm³/mol. The molecule has 0 bridgehead atoms. The number of aryl methyl sites for hydroxylation is 3. The van der Waals surface area contributed by atoms with Crippen molar-refractivity contribution >= 4 is 11.8 Å². The maximum absolute atomic E-state index is 13.3. The molecule has 31 heavy (non-hydrogen) atoms. The van der Waals surface area contributed by atoms with Crippen LogP contribution in [0.3, 0.4) is 0 Å². The lowest BCUT2D eigenvalue weighted by atomic mass is 10.0. The standard InChI is InChI=1S/C27H38N2O2/c1-6-22-12-14-23(15-13-22)16-17-26(30)29(19-24-11-9-8-10-21(24)5)25(7-2)27(31)28-18-20(3)4/h8-15,20,25H,6-7,16-19H2,1-5H3,(H,28,31). The van der Waals surface area contributed by atoms with Crippen molar-refractivity contribution in [1.29, 1.82) is 0 Å². The molecule has 0 saturated heterocycles. The van der Waals surface area contributed by atoms with Gasteiger partial charge in [0.05, 0.1) is 0 Å². The first-order valence-corrected chi connectivity index (χ1v) is 11.5. The summed E-state index contributed by atoms with van der Waals surface area (Å²) in [5.41, 5.74) is 4.66. The first kappa shape index (κ1) is 24.6. The molecule has 0 fully saturated rings. The molecule has 0 radical (unpaired) electrons. The zero-order chi connectivity index (χ0) is 22.8. The van der Waals surface area contributed by atoms with Crippen LogP contribution in [0.1, 0.15) is 62.8 Å². The van der Waals surface area contributed by atoms with Gasteiger partial charge in [0.2, 0.25) is 11.8 Å². The van der Waals surface area contributed by atoms with E-state index in [1.54, 1.807) is 4.90 Å². The molecule has 0 saturated carbocycles. The van der Waals surface area contributed by atoms with Gasteiger partial charge in [-0.3, -0.25) is 9.59 Å². The van der Waals surface area contributed by atoms with Crippen molar-refractivity contribution < 1.29 is 9.59 Å². The summed E-state index contributed by atoms with van der Waals surface area (Å²) in [7, 11) is 0. The third-order valence-electron chi connectivity index (χ3n) is 5.73. The Labute approximate surface area is 188 Å². The highest BCUT2D eigenvalue weighted by molar-refractivity contribution is 5.87. The van der Waals surface area contributed by atoms with Crippen LogP contribution in [0.5, 0.6) is 0 Å². The van der Waals surface area contributed by atoms with Gasteiger partial charge in [-0.05, 0) is 54.4 Å². The molecule has 0 aromatic heterocycles. The summed E-state index contributed by atoms with van der Waals surface area (Å²) >= 11 is 0. The van der Waals surface area contributed by atoms with E-state index in [1.807, 2.05) is 38.1 Å². The van der Waals surface area contributed by atoms with Crippen molar-refractivity contribution in [3.63, 3.8) is 0 Å². The molecule has 4 heteroatoms. The molecule has 1 atom stereocenters. The Bertz CT molecular complexity index is 843. The number of hydrogen-bond donors (Lipinski definition) is 1. The fourth-order valence-electron chi connectivity index (χ4n) is 3.65. The van der Waals surface area contributed by atoms with Crippen molar-refractivity contribution in [2.24, 2.45) is 5.92 Å². The van der Waals surface area contributed by atoms with Crippen molar-refractivity contribution in [3.05, 3.63) is 70.8 Å². The van der Waals surface area contributed by atoms with E-state index in [1.165, 1.54) is 5.56 Å². The molecule has 2 aromatic carbocycles. The van der Waals surface area contributed by atoms with Crippen molar-refractivity contribution in [2.75, 3.05) is 6.54 Å². The van der Waals surface area contributed by atoms with Gasteiger partial charge in [0.15, 0.2) is 0 Å². The van der Waals surface area contributed by atoms with Gasteiger partial charge in [-0.1, -0.05) is 76.2 Å². The van der Waals surface area contributed by atoms with Crippen molar-refractivity contribution in [3.8, 4) is 0 Å². The average Bonchev–Trinajstić information content (AvgIpc) is 2.77. The van der Waals surface area contributed by atoms with Crippen LogP contribution in [-0.2, 0) is 29.0 Å². The van der Waals surface area contributed by atoms with Gasteiger partial charge in [0.25, 0.3) is 0 Å². The molecular formula is C27H38N2O2. The Morgan fingerprint density at radius 2 is 1.61 bits per heavy atom. The van der Waals surface area contributed by atoms with E-state index >= 15 is 0 Å². The molecular weight excluding hydrogens is 384 g/mol. The second kappa shape index (κ2) is 12.3. The van der Waals surface area contributed by atoms with E-state index < -0.39 is 6.04 Å². The number of carbonyl (C=O) groups is 2. The predicted octanol–water partition coefficient (Wildman–Crippen LogP) is 5.07. The lowest BCUT2D eigenvalue weighted by Crippen LogP contribution is -2.49. The maximum Gasteiger partial charge on any atom is 0.242 e. The van der Waals surface area contributed by atoms with E-state index in [0.29, 0.717) is 38.3 Å². The SMILES string of the molecule is CCc1ccc(CCC(=O)N(Cc2ccccc2C)C(CC)C(=O)NCC(C)C)cc1. The first-order valence-electron chi connectivity index (χ1n) is 11.5. The lowest BCUT2D eigenvalue weighted by Gasteiger charge is -2.31. The Balaban J connectivity index is 2.18. The van der Waals surface area contributed by atoms with E-state index in [2.05, 4.69) is 50.4 Å². The summed E-state index contributed by atoms with van der Waals surface area (Å²) in [6, 6.07) is 16.1. The minimum absolute atomic E-state index is 0.0226. The summed E-state index contributed by atoms with van der Waals surface area (Å²) in [6.07, 6.45) is 2.67. The van der Waals surface area contributed by atoms with Crippen LogP contribution in [0.4, 0.5) is 0 Å². The molecule has 0 heterocycles. The van der Waals surface area contributed by atoms with E-state index in [9.17, 15) is 9.59 Å². The zero-order valence-electron chi connectivity index (χ0n) is 19.8. The van der Waals surface area contributed by atoms with E-state index in [0.717, 1.165) is 23.1 Å². The monoisotopic (exact) mass is 422 g/mol. The van der Waals surface area contributed by atoms with Crippen molar-refractivity contribution in [2.45, 2.75) is 72.9 Å². The molecule has 0 aliphatic carbocycles.